The van der Waals surface area contributed by atoms with Gasteiger partial charge >= 0.3 is 0 Å². The molecule has 1 saturated heterocycles. The zero-order chi connectivity index (χ0) is 18.7. The van der Waals surface area contributed by atoms with Crippen molar-refractivity contribution in [3.05, 3.63) is 52.2 Å². The van der Waals surface area contributed by atoms with Gasteiger partial charge in [-0.05, 0) is 41.1 Å². The standard InChI is InChI=1S/C18H23N3O3S2/c1-19(2)26(23,24)17-5-3-16(4-6-17)18(22)21-10-8-20(9-11-21)13-15-7-12-25-14-15/h3-7,12,14H,8-11,13H2,1-2H3/p+1. The van der Waals surface area contributed by atoms with E-state index < -0.39 is 10.0 Å². The highest BCUT2D eigenvalue weighted by Gasteiger charge is 2.25. The Hall–Kier alpha value is -1.74. The Morgan fingerprint density at radius 2 is 1.81 bits per heavy atom. The second-order valence-electron chi connectivity index (χ2n) is 6.66. The molecule has 0 atom stereocenters. The van der Waals surface area contributed by atoms with Crippen molar-refractivity contribution >= 4 is 27.3 Å². The monoisotopic (exact) mass is 394 g/mol. The quantitative estimate of drug-likeness (QED) is 0.805. The van der Waals surface area contributed by atoms with Crippen molar-refractivity contribution in [2.75, 3.05) is 40.3 Å². The fourth-order valence-corrected chi connectivity index (χ4v) is 4.62. The average molecular weight is 395 g/mol. The van der Waals surface area contributed by atoms with E-state index in [0.29, 0.717) is 5.56 Å². The minimum atomic E-state index is -3.47. The van der Waals surface area contributed by atoms with Gasteiger partial charge in [-0.15, -0.1) is 0 Å². The van der Waals surface area contributed by atoms with Gasteiger partial charge in [0.25, 0.3) is 5.91 Å². The van der Waals surface area contributed by atoms with E-state index >= 15 is 0 Å². The summed E-state index contributed by atoms with van der Waals surface area (Å²) in [5.74, 6) is -0.0339. The number of carbonyl (C=O) groups excluding carboxylic acids is 1. The van der Waals surface area contributed by atoms with E-state index in [1.54, 1.807) is 23.5 Å². The summed E-state index contributed by atoms with van der Waals surface area (Å²) in [4.78, 5) is 16.2. The van der Waals surface area contributed by atoms with Crippen LogP contribution in [0.2, 0.25) is 0 Å². The fourth-order valence-electron chi connectivity index (χ4n) is 3.05. The molecule has 1 aromatic heterocycles. The number of hydrogen-bond donors (Lipinski definition) is 1. The molecule has 2 aromatic rings. The average Bonchev–Trinajstić information content (AvgIpc) is 3.15. The van der Waals surface area contributed by atoms with Crippen LogP contribution in [0.5, 0.6) is 0 Å². The van der Waals surface area contributed by atoms with Crippen LogP contribution in [0.1, 0.15) is 15.9 Å². The van der Waals surface area contributed by atoms with Gasteiger partial charge in [-0.3, -0.25) is 4.79 Å². The number of hydrogen-bond acceptors (Lipinski definition) is 4. The number of sulfonamides is 1. The van der Waals surface area contributed by atoms with Crippen molar-refractivity contribution in [2.24, 2.45) is 0 Å². The van der Waals surface area contributed by atoms with Gasteiger partial charge in [0.15, 0.2) is 0 Å². The highest BCUT2D eigenvalue weighted by molar-refractivity contribution is 7.89. The van der Waals surface area contributed by atoms with Gasteiger partial charge in [0, 0.05) is 25.2 Å². The van der Waals surface area contributed by atoms with E-state index in [2.05, 4.69) is 16.8 Å². The molecular weight excluding hydrogens is 370 g/mol. The van der Waals surface area contributed by atoms with E-state index in [-0.39, 0.29) is 10.8 Å². The Morgan fingerprint density at radius 1 is 1.15 bits per heavy atom. The molecule has 26 heavy (non-hydrogen) atoms. The van der Waals surface area contributed by atoms with Crippen molar-refractivity contribution in [3.63, 3.8) is 0 Å². The lowest BCUT2D eigenvalue weighted by atomic mass is 10.2. The van der Waals surface area contributed by atoms with Gasteiger partial charge in [0.1, 0.15) is 6.54 Å². The number of nitrogens with one attached hydrogen (secondary N) is 1. The Bertz CT molecular complexity index is 838. The van der Waals surface area contributed by atoms with E-state index in [1.807, 2.05) is 4.90 Å². The minimum absolute atomic E-state index is 0.0339. The lowest BCUT2D eigenvalue weighted by molar-refractivity contribution is -0.917. The van der Waals surface area contributed by atoms with Crippen LogP contribution in [0.25, 0.3) is 0 Å². The van der Waals surface area contributed by atoms with Crippen LogP contribution >= 0.6 is 11.3 Å². The first-order valence-electron chi connectivity index (χ1n) is 8.54. The number of rotatable bonds is 5. The molecule has 0 radical (unpaired) electrons. The molecule has 1 N–H and O–H groups in total. The molecule has 0 bridgehead atoms. The first-order chi connectivity index (χ1) is 12.4. The molecule has 0 saturated carbocycles. The lowest BCUT2D eigenvalue weighted by Crippen LogP contribution is -3.13. The summed E-state index contributed by atoms with van der Waals surface area (Å²) in [5, 5.41) is 4.27. The summed E-state index contributed by atoms with van der Waals surface area (Å²) in [7, 11) is -0.486. The van der Waals surface area contributed by atoms with Gasteiger partial charge in [-0.1, -0.05) is 0 Å². The summed E-state index contributed by atoms with van der Waals surface area (Å²) in [6, 6.07) is 8.35. The van der Waals surface area contributed by atoms with Crippen LogP contribution in [-0.4, -0.2) is 63.8 Å². The SMILES string of the molecule is CN(C)S(=O)(=O)c1ccc(C(=O)N2CC[NH+](Cc3ccsc3)CC2)cc1. The minimum Gasteiger partial charge on any atom is -0.328 e. The molecule has 0 unspecified atom stereocenters. The van der Waals surface area contributed by atoms with Crippen LogP contribution in [-0.2, 0) is 16.6 Å². The Kier molecular flexibility index (Phi) is 5.76. The predicted octanol–water partition coefficient (Wildman–Crippen LogP) is 0.539. The maximum absolute atomic E-state index is 12.7. The van der Waals surface area contributed by atoms with E-state index in [9.17, 15) is 13.2 Å². The van der Waals surface area contributed by atoms with Crippen molar-refractivity contribution in [2.45, 2.75) is 11.4 Å². The molecule has 1 aliphatic rings. The lowest BCUT2D eigenvalue weighted by Gasteiger charge is -2.32. The molecule has 1 aliphatic heterocycles. The number of piperazine rings is 1. The van der Waals surface area contributed by atoms with Gasteiger partial charge in [-0.2, -0.15) is 11.3 Å². The summed E-state index contributed by atoms with van der Waals surface area (Å²) in [6.45, 7) is 4.29. The summed E-state index contributed by atoms with van der Waals surface area (Å²) >= 11 is 1.71. The zero-order valence-corrected chi connectivity index (χ0v) is 16.6. The van der Waals surface area contributed by atoms with E-state index in [4.69, 9.17) is 0 Å². The third-order valence-electron chi connectivity index (χ3n) is 4.67. The molecular formula is C18H24N3O3S2+. The molecule has 3 rings (SSSR count). The van der Waals surface area contributed by atoms with Crippen LogP contribution in [0, 0.1) is 0 Å². The van der Waals surface area contributed by atoms with Gasteiger partial charge < -0.3 is 9.80 Å². The van der Waals surface area contributed by atoms with Crippen LogP contribution in [0.15, 0.2) is 46.0 Å². The number of amides is 1. The van der Waals surface area contributed by atoms with Gasteiger partial charge in [-0.25, -0.2) is 12.7 Å². The summed E-state index contributed by atoms with van der Waals surface area (Å²) in [5.41, 5.74) is 1.88. The number of carbonyl (C=O) groups is 1. The van der Waals surface area contributed by atoms with Crippen LogP contribution in [0.4, 0.5) is 0 Å². The highest BCUT2D eigenvalue weighted by atomic mass is 32.2. The Labute approximate surface area is 158 Å². The molecule has 2 heterocycles. The zero-order valence-electron chi connectivity index (χ0n) is 15.0. The smallest absolute Gasteiger partial charge is 0.254 e. The molecule has 1 fully saturated rings. The molecule has 0 aliphatic carbocycles. The number of quaternary nitrogens is 1. The van der Waals surface area contributed by atoms with Crippen LogP contribution in [0.3, 0.4) is 0 Å². The molecule has 8 heteroatoms. The third-order valence-corrected chi connectivity index (χ3v) is 7.23. The number of nitrogens with zero attached hydrogens (tertiary/aromatic N) is 2. The molecule has 1 aromatic carbocycles. The van der Waals surface area contributed by atoms with E-state index in [1.165, 1.54) is 41.0 Å². The maximum Gasteiger partial charge on any atom is 0.254 e. The number of benzene rings is 1. The van der Waals surface area contributed by atoms with Crippen molar-refractivity contribution in [1.82, 2.24) is 9.21 Å². The predicted molar refractivity (Wildman–Crippen MR) is 102 cm³/mol. The first kappa shape index (κ1) is 19.0. The Morgan fingerprint density at radius 3 is 2.35 bits per heavy atom. The molecule has 6 nitrogen and oxygen atoms in total. The topological polar surface area (TPSA) is 62.1 Å². The molecule has 140 valence electrons. The van der Waals surface area contributed by atoms with Crippen LogP contribution < -0.4 is 4.90 Å². The second kappa shape index (κ2) is 7.87. The van der Waals surface area contributed by atoms with E-state index in [0.717, 1.165) is 32.7 Å². The number of thiophene rings is 1. The molecule has 1 amide bonds. The fraction of sp³-hybridized carbons (Fsp3) is 0.389. The largest absolute Gasteiger partial charge is 0.328 e. The normalized spacial score (nSPS) is 16.2. The van der Waals surface area contributed by atoms with Crippen molar-refractivity contribution in [1.29, 1.82) is 0 Å². The molecule has 0 spiro atoms. The van der Waals surface area contributed by atoms with Gasteiger partial charge in [0.05, 0.1) is 31.1 Å². The third kappa shape index (κ3) is 4.15. The summed E-state index contributed by atoms with van der Waals surface area (Å²) < 4.78 is 25.4. The van der Waals surface area contributed by atoms with Crippen molar-refractivity contribution < 1.29 is 18.1 Å². The van der Waals surface area contributed by atoms with Gasteiger partial charge in [0.2, 0.25) is 10.0 Å². The maximum atomic E-state index is 12.7. The highest BCUT2D eigenvalue weighted by Crippen LogP contribution is 2.15. The second-order valence-corrected chi connectivity index (χ2v) is 9.59. The van der Waals surface area contributed by atoms with Crippen molar-refractivity contribution in [3.8, 4) is 0 Å². The first-order valence-corrected chi connectivity index (χ1v) is 10.9. The Balaban J connectivity index is 1.60. The summed E-state index contributed by atoms with van der Waals surface area (Å²) in [6.07, 6.45) is 0.